The fourth-order valence-corrected chi connectivity index (χ4v) is 3.03. The summed E-state index contributed by atoms with van der Waals surface area (Å²) in [6, 6.07) is 4.57. The van der Waals surface area contributed by atoms with Crippen LogP contribution >= 0.6 is 0 Å². The number of nitrogens with one attached hydrogen (secondary N) is 1. The summed E-state index contributed by atoms with van der Waals surface area (Å²) in [4.78, 5) is 0.0334. The maximum Gasteiger partial charge on any atom is 0.244 e. The van der Waals surface area contributed by atoms with Gasteiger partial charge >= 0.3 is 0 Å². The van der Waals surface area contributed by atoms with Crippen molar-refractivity contribution in [2.45, 2.75) is 31.3 Å². The summed E-state index contributed by atoms with van der Waals surface area (Å²) in [6.45, 7) is 3.28. The average molecular weight is 317 g/mol. The van der Waals surface area contributed by atoms with Crippen molar-refractivity contribution in [3.63, 3.8) is 0 Å². The van der Waals surface area contributed by atoms with Gasteiger partial charge in [0.25, 0.3) is 0 Å². The van der Waals surface area contributed by atoms with E-state index < -0.39 is 10.0 Å². The molecule has 21 heavy (non-hydrogen) atoms. The van der Waals surface area contributed by atoms with E-state index in [1.807, 2.05) is 6.92 Å². The monoisotopic (exact) mass is 317 g/mol. The summed E-state index contributed by atoms with van der Waals surface area (Å²) in [7, 11) is -2.26. The first-order valence-corrected chi connectivity index (χ1v) is 8.38. The molecule has 0 radical (unpaired) electrons. The Hall–Kier alpha value is -1.15. The van der Waals surface area contributed by atoms with Gasteiger partial charge in [0.2, 0.25) is 10.0 Å². The zero-order chi connectivity index (χ0) is 15.7. The van der Waals surface area contributed by atoms with Gasteiger partial charge in [0.15, 0.2) is 0 Å². The fourth-order valence-electron chi connectivity index (χ4n) is 1.73. The smallest absolute Gasteiger partial charge is 0.244 e. The maximum absolute atomic E-state index is 12.3. The molecule has 0 aliphatic heterocycles. The summed E-state index contributed by atoms with van der Waals surface area (Å²) in [5.74, 6) is 0.252. The standard InChI is InChI=1S/C14H23NO5S/c1-3-8-20-9-4-7-15-21(17,18)14-10-12(11-16)5-6-13(14)19-2/h5-6,10,15-16H,3-4,7-9,11H2,1-2H3. The molecule has 7 heteroatoms. The van der Waals surface area contributed by atoms with Gasteiger partial charge in [0.05, 0.1) is 13.7 Å². The largest absolute Gasteiger partial charge is 0.495 e. The highest BCUT2D eigenvalue weighted by Gasteiger charge is 2.19. The lowest BCUT2D eigenvalue weighted by molar-refractivity contribution is 0.133. The van der Waals surface area contributed by atoms with Gasteiger partial charge in [-0.15, -0.1) is 0 Å². The van der Waals surface area contributed by atoms with Crippen molar-refractivity contribution in [3.05, 3.63) is 23.8 Å². The Morgan fingerprint density at radius 2 is 2.05 bits per heavy atom. The predicted molar refractivity (Wildman–Crippen MR) is 79.8 cm³/mol. The molecule has 0 atom stereocenters. The summed E-state index contributed by atoms with van der Waals surface area (Å²) >= 11 is 0. The van der Waals surface area contributed by atoms with E-state index >= 15 is 0 Å². The zero-order valence-electron chi connectivity index (χ0n) is 12.5. The molecule has 0 fully saturated rings. The van der Waals surface area contributed by atoms with E-state index in [1.165, 1.54) is 19.2 Å². The molecule has 0 saturated heterocycles. The molecule has 0 saturated carbocycles. The van der Waals surface area contributed by atoms with E-state index in [-0.39, 0.29) is 17.3 Å². The van der Waals surface area contributed by atoms with E-state index in [9.17, 15) is 8.42 Å². The minimum atomic E-state index is -3.67. The zero-order valence-corrected chi connectivity index (χ0v) is 13.3. The second kappa shape index (κ2) is 8.99. The second-order valence-electron chi connectivity index (χ2n) is 4.51. The SMILES string of the molecule is CCCOCCCNS(=O)(=O)c1cc(CO)ccc1OC. The van der Waals surface area contributed by atoms with Crippen molar-refractivity contribution >= 4 is 10.0 Å². The van der Waals surface area contributed by atoms with Crippen molar-refractivity contribution in [1.82, 2.24) is 4.72 Å². The van der Waals surface area contributed by atoms with Crippen LogP contribution in [-0.2, 0) is 21.4 Å². The van der Waals surface area contributed by atoms with Gasteiger partial charge in [-0.2, -0.15) is 0 Å². The molecule has 0 aromatic heterocycles. The molecule has 2 N–H and O–H groups in total. The van der Waals surface area contributed by atoms with E-state index in [2.05, 4.69) is 4.72 Å². The second-order valence-corrected chi connectivity index (χ2v) is 6.24. The number of ether oxygens (including phenoxy) is 2. The summed E-state index contributed by atoms with van der Waals surface area (Å²) in [6.07, 6.45) is 1.54. The minimum Gasteiger partial charge on any atom is -0.495 e. The summed E-state index contributed by atoms with van der Waals surface area (Å²) in [5, 5.41) is 9.12. The quantitative estimate of drug-likeness (QED) is 0.635. The van der Waals surface area contributed by atoms with Gasteiger partial charge < -0.3 is 14.6 Å². The number of sulfonamides is 1. The van der Waals surface area contributed by atoms with Gasteiger partial charge in [0.1, 0.15) is 10.6 Å². The third-order valence-corrected chi connectivity index (χ3v) is 4.29. The van der Waals surface area contributed by atoms with Crippen molar-refractivity contribution in [3.8, 4) is 5.75 Å². The van der Waals surface area contributed by atoms with Gasteiger partial charge in [-0.1, -0.05) is 13.0 Å². The number of methoxy groups -OCH3 is 1. The molecular weight excluding hydrogens is 294 g/mol. The van der Waals surface area contributed by atoms with Crippen LogP contribution in [0.25, 0.3) is 0 Å². The molecule has 0 bridgehead atoms. The molecule has 1 aromatic rings. The van der Waals surface area contributed by atoms with Crippen LogP contribution in [0.4, 0.5) is 0 Å². The molecule has 0 aliphatic rings. The fraction of sp³-hybridized carbons (Fsp3) is 0.571. The lowest BCUT2D eigenvalue weighted by atomic mass is 10.2. The molecule has 0 aliphatic carbocycles. The molecule has 1 aromatic carbocycles. The minimum absolute atomic E-state index is 0.0334. The molecule has 1 rings (SSSR count). The molecule has 0 unspecified atom stereocenters. The van der Waals surface area contributed by atoms with Crippen LogP contribution in [0, 0.1) is 0 Å². The Kier molecular flexibility index (Phi) is 7.66. The first-order chi connectivity index (χ1) is 10.0. The molecule has 6 nitrogen and oxygen atoms in total. The lowest BCUT2D eigenvalue weighted by Crippen LogP contribution is -2.26. The van der Waals surface area contributed by atoms with Crippen LogP contribution in [-0.4, -0.2) is 40.4 Å². The van der Waals surface area contributed by atoms with E-state index in [4.69, 9.17) is 14.6 Å². The number of benzene rings is 1. The Morgan fingerprint density at radius 1 is 1.29 bits per heavy atom. The first kappa shape index (κ1) is 17.9. The lowest BCUT2D eigenvalue weighted by Gasteiger charge is -2.12. The molecule has 120 valence electrons. The van der Waals surface area contributed by atoms with Crippen molar-refractivity contribution < 1.29 is 23.0 Å². The van der Waals surface area contributed by atoms with Crippen molar-refractivity contribution in [2.24, 2.45) is 0 Å². The highest BCUT2D eigenvalue weighted by molar-refractivity contribution is 7.89. The van der Waals surface area contributed by atoms with Crippen LogP contribution < -0.4 is 9.46 Å². The number of aliphatic hydroxyl groups excluding tert-OH is 1. The molecular formula is C14H23NO5S. The third-order valence-electron chi connectivity index (χ3n) is 2.81. The predicted octanol–water partition coefficient (Wildman–Crippen LogP) is 1.28. The number of aliphatic hydroxyl groups is 1. The summed E-state index contributed by atoms with van der Waals surface area (Å²) < 4.78 is 37.4. The van der Waals surface area contributed by atoms with Gasteiger partial charge in [-0.3, -0.25) is 0 Å². The highest BCUT2D eigenvalue weighted by atomic mass is 32.2. The average Bonchev–Trinajstić information content (AvgIpc) is 2.50. The van der Waals surface area contributed by atoms with Crippen LogP contribution in [0.2, 0.25) is 0 Å². The van der Waals surface area contributed by atoms with Crippen LogP contribution in [0.5, 0.6) is 5.75 Å². The topological polar surface area (TPSA) is 84.9 Å². The molecule has 0 amide bonds. The Morgan fingerprint density at radius 3 is 2.67 bits per heavy atom. The molecule has 0 heterocycles. The number of rotatable bonds is 10. The number of hydrogen-bond donors (Lipinski definition) is 2. The normalized spacial score (nSPS) is 11.6. The Bertz CT molecular complexity index is 530. The van der Waals surface area contributed by atoms with Gasteiger partial charge in [-0.25, -0.2) is 13.1 Å². The van der Waals surface area contributed by atoms with Gasteiger partial charge in [-0.05, 0) is 30.5 Å². The summed E-state index contributed by atoms with van der Waals surface area (Å²) in [5.41, 5.74) is 0.516. The Labute approximate surface area is 126 Å². The van der Waals surface area contributed by atoms with Crippen LogP contribution in [0.3, 0.4) is 0 Å². The Balaban J connectivity index is 2.69. The van der Waals surface area contributed by atoms with E-state index in [0.717, 1.165) is 6.42 Å². The highest BCUT2D eigenvalue weighted by Crippen LogP contribution is 2.24. The third kappa shape index (κ3) is 5.62. The van der Waals surface area contributed by atoms with Crippen molar-refractivity contribution in [1.29, 1.82) is 0 Å². The first-order valence-electron chi connectivity index (χ1n) is 6.90. The van der Waals surface area contributed by atoms with Crippen LogP contribution in [0.1, 0.15) is 25.3 Å². The molecule has 0 spiro atoms. The van der Waals surface area contributed by atoms with E-state index in [0.29, 0.717) is 31.7 Å². The van der Waals surface area contributed by atoms with E-state index in [1.54, 1.807) is 6.07 Å². The number of hydrogen-bond acceptors (Lipinski definition) is 5. The maximum atomic E-state index is 12.3. The van der Waals surface area contributed by atoms with Gasteiger partial charge in [0, 0.05) is 19.8 Å². The van der Waals surface area contributed by atoms with Crippen molar-refractivity contribution in [2.75, 3.05) is 26.9 Å². The van der Waals surface area contributed by atoms with Crippen LogP contribution in [0.15, 0.2) is 23.1 Å².